The summed E-state index contributed by atoms with van der Waals surface area (Å²) in [5, 5.41) is 5.77. The van der Waals surface area contributed by atoms with Gasteiger partial charge in [0.2, 0.25) is 5.95 Å². The van der Waals surface area contributed by atoms with Crippen molar-refractivity contribution in [2.75, 3.05) is 10.6 Å². The normalized spacial score (nSPS) is 11.4. The van der Waals surface area contributed by atoms with E-state index in [1.165, 1.54) is 24.8 Å². The molecule has 1 aromatic heterocycles. The summed E-state index contributed by atoms with van der Waals surface area (Å²) in [6.07, 6.45) is 2.05. The third-order valence-electron chi connectivity index (χ3n) is 4.71. The van der Waals surface area contributed by atoms with Crippen molar-refractivity contribution >= 4 is 45.7 Å². The zero-order chi connectivity index (χ0) is 22.3. The van der Waals surface area contributed by atoms with E-state index in [9.17, 15) is 13.2 Å². The maximum atomic E-state index is 13.4. The molecule has 31 heavy (non-hydrogen) atoms. The van der Waals surface area contributed by atoms with Crippen LogP contribution in [-0.2, 0) is 12.6 Å². The second-order valence-corrected chi connectivity index (χ2v) is 8.47. The van der Waals surface area contributed by atoms with Crippen LogP contribution in [-0.4, -0.2) is 9.97 Å². The monoisotopic (exact) mass is 540 g/mol. The van der Waals surface area contributed by atoms with Crippen molar-refractivity contribution in [2.24, 2.45) is 0 Å². The summed E-state index contributed by atoms with van der Waals surface area (Å²) in [5.41, 5.74) is 1.56. The molecule has 0 aliphatic heterocycles. The lowest BCUT2D eigenvalue weighted by Gasteiger charge is -2.15. The number of nitrogens with one attached hydrogen (secondary N) is 2. The Morgan fingerprint density at radius 1 is 0.935 bits per heavy atom. The van der Waals surface area contributed by atoms with E-state index in [-0.39, 0.29) is 11.8 Å². The molecular weight excluding hydrogens is 516 g/mol. The minimum absolute atomic E-state index is 0.0943. The van der Waals surface area contributed by atoms with Crippen LogP contribution < -0.4 is 10.6 Å². The topological polar surface area (TPSA) is 49.8 Å². The molecule has 2 aromatic carbocycles. The Morgan fingerprint density at radius 2 is 1.71 bits per heavy atom. The lowest BCUT2D eigenvalue weighted by molar-refractivity contribution is -0.137. The second kappa shape index (κ2) is 10.8. The summed E-state index contributed by atoms with van der Waals surface area (Å²) in [6.45, 7) is 2.19. The van der Waals surface area contributed by atoms with Crippen LogP contribution in [0.25, 0.3) is 0 Å². The number of hydrogen-bond acceptors (Lipinski definition) is 4. The molecule has 3 rings (SSSR count). The number of nitrogens with zero attached hydrogens (tertiary/aromatic N) is 2. The van der Waals surface area contributed by atoms with Crippen LogP contribution in [0.3, 0.4) is 0 Å². The fraction of sp³-hybridized carbons (Fsp3) is 0.304. The summed E-state index contributed by atoms with van der Waals surface area (Å²) in [4.78, 5) is 7.97. The molecule has 0 radical (unpaired) electrons. The number of unbranched alkanes of at least 4 members (excludes halogenated alkanes) is 3. The molecule has 0 spiro atoms. The van der Waals surface area contributed by atoms with Gasteiger partial charge in [-0.15, -0.1) is 0 Å². The smallest absolute Gasteiger partial charge is 0.340 e. The third-order valence-corrected chi connectivity index (χ3v) is 5.38. The van der Waals surface area contributed by atoms with Crippen LogP contribution in [0.15, 0.2) is 54.7 Å². The first-order valence-electron chi connectivity index (χ1n) is 10.2. The summed E-state index contributed by atoms with van der Waals surface area (Å²) in [6, 6.07) is 14.9. The van der Waals surface area contributed by atoms with E-state index in [1.807, 2.05) is 30.3 Å². The van der Waals surface area contributed by atoms with Gasteiger partial charge in [-0.05, 0) is 71.3 Å². The average molecular weight is 540 g/mol. The number of aryl methyl sites for hydroxylation is 1. The van der Waals surface area contributed by atoms with Crippen molar-refractivity contribution in [3.8, 4) is 0 Å². The summed E-state index contributed by atoms with van der Waals surface area (Å²) < 4.78 is 41.2. The predicted molar refractivity (Wildman–Crippen MR) is 127 cm³/mol. The Labute approximate surface area is 193 Å². The molecule has 1 heterocycles. The number of benzene rings is 2. The van der Waals surface area contributed by atoms with Crippen LogP contribution in [0.4, 0.5) is 36.3 Å². The highest BCUT2D eigenvalue weighted by Crippen LogP contribution is 2.35. The number of aromatic nitrogens is 2. The first-order valence-corrected chi connectivity index (χ1v) is 11.3. The summed E-state index contributed by atoms with van der Waals surface area (Å²) in [5.74, 6) is -0.198. The average Bonchev–Trinajstić information content (AvgIpc) is 2.72. The van der Waals surface area contributed by atoms with Crippen molar-refractivity contribution in [3.63, 3.8) is 0 Å². The van der Waals surface area contributed by atoms with Gasteiger partial charge >= 0.3 is 6.18 Å². The molecule has 0 saturated heterocycles. The highest BCUT2D eigenvalue weighted by Gasteiger charge is 2.35. The van der Waals surface area contributed by atoms with E-state index in [1.54, 1.807) is 18.2 Å². The maximum absolute atomic E-state index is 13.4. The van der Waals surface area contributed by atoms with Crippen molar-refractivity contribution in [1.82, 2.24) is 9.97 Å². The molecule has 0 amide bonds. The molecule has 0 bridgehead atoms. The number of rotatable bonds is 9. The first kappa shape index (κ1) is 23.3. The Hall–Kier alpha value is -2.36. The summed E-state index contributed by atoms with van der Waals surface area (Å²) >= 11 is 2.10. The molecule has 4 nitrogen and oxygen atoms in total. The van der Waals surface area contributed by atoms with Crippen LogP contribution >= 0.6 is 22.6 Å². The summed E-state index contributed by atoms with van der Waals surface area (Å²) in [7, 11) is 0. The fourth-order valence-electron chi connectivity index (χ4n) is 3.09. The first-order chi connectivity index (χ1) is 14.8. The van der Waals surface area contributed by atoms with Crippen LogP contribution in [0, 0.1) is 3.57 Å². The van der Waals surface area contributed by atoms with Gasteiger partial charge in [0, 0.05) is 21.1 Å². The van der Waals surface area contributed by atoms with Crippen molar-refractivity contribution in [1.29, 1.82) is 0 Å². The highest BCUT2D eigenvalue weighted by atomic mass is 127. The van der Waals surface area contributed by atoms with Gasteiger partial charge in [-0.25, -0.2) is 4.98 Å². The van der Waals surface area contributed by atoms with Crippen LogP contribution in [0.5, 0.6) is 0 Å². The van der Waals surface area contributed by atoms with E-state index < -0.39 is 11.7 Å². The molecule has 3 aromatic rings. The van der Waals surface area contributed by atoms with E-state index >= 15 is 0 Å². The number of anilines is 4. The minimum Gasteiger partial charge on any atom is -0.340 e. The highest BCUT2D eigenvalue weighted by molar-refractivity contribution is 14.1. The van der Waals surface area contributed by atoms with Gasteiger partial charge in [-0.1, -0.05) is 44.4 Å². The SMILES string of the molecule is CCCCCCc1ccc(Nc2ncc(C(F)(F)F)c(Nc3cccc(I)c3)n2)cc1. The third kappa shape index (κ3) is 7.09. The van der Waals surface area contributed by atoms with Crippen LogP contribution in [0.1, 0.15) is 43.7 Å². The molecule has 0 atom stereocenters. The zero-order valence-corrected chi connectivity index (χ0v) is 19.3. The molecule has 164 valence electrons. The predicted octanol–water partition coefficient (Wildman–Crippen LogP) is 7.71. The largest absolute Gasteiger partial charge is 0.421 e. The number of hydrogen-bond donors (Lipinski definition) is 2. The van der Waals surface area contributed by atoms with Gasteiger partial charge in [0.05, 0.1) is 0 Å². The molecule has 0 aliphatic carbocycles. The van der Waals surface area contributed by atoms with Gasteiger partial charge < -0.3 is 10.6 Å². The van der Waals surface area contributed by atoms with Gasteiger partial charge in [0.25, 0.3) is 0 Å². The van der Waals surface area contributed by atoms with E-state index in [0.29, 0.717) is 5.69 Å². The molecule has 0 aliphatic rings. The van der Waals surface area contributed by atoms with E-state index in [0.717, 1.165) is 28.3 Å². The lowest BCUT2D eigenvalue weighted by atomic mass is 10.1. The van der Waals surface area contributed by atoms with Crippen molar-refractivity contribution in [3.05, 3.63) is 69.4 Å². The second-order valence-electron chi connectivity index (χ2n) is 7.22. The van der Waals surface area contributed by atoms with Crippen LogP contribution in [0.2, 0.25) is 0 Å². The zero-order valence-electron chi connectivity index (χ0n) is 17.1. The molecule has 0 fully saturated rings. The minimum atomic E-state index is -4.57. The Bertz CT molecular complexity index is 991. The molecule has 0 saturated carbocycles. The lowest BCUT2D eigenvalue weighted by Crippen LogP contribution is -2.12. The Kier molecular flexibility index (Phi) is 8.11. The molecular formula is C23H24F3IN4. The number of halogens is 4. The van der Waals surface area contributed by atoms with E-state index in [4.69, 9.17) is 0 Å². The van der Waals surface area contributed by atoms with Gasteiger partial charge in [-0.3, -0.25) is 0 Å². The Morgan fingerprint density at radius 3 is 2.39 bits per heavy atom. The van der Waals surface area contributed by atoms with Crippen molar-refractivity contribution < 1.29 is 13.2 Å². The maximum Gasteiger partial charge on any atom is 0.421 e. The standard InChI is InChI=1S/C23H24F3IN4/c1-2-3-4-5-7-16-10-12-18(13-11-16)30-22-28-15-20(23(24,25)26)21(31-22)29-19-9-6-8-17(27)14-19/h6,8-15H,2-5,7H2,1H3,(H2,28,29,30,31). The van der Waals surface area contributed by atoms with Gasteiger partial charge in [0.1, 0.15) is 11.4 Å². The van der Waals surface area contributed by atoms with Gasteiger partial charge in [0.15, 0.2) is 0 Å². The molecule has 0 unspecified atom stereocenters. The quantitative estimate of drug-likeness (QED) is 0.216. The van der Waals surface area contributed by atoms with E-state index in [2.05, 4.69) is 50.1 Å². The molecule has 2 N–H and O–H groups in total. The van der Waals surface area contributed by atoms with Crippen molar-refractivity contribution in [2.45, 2.75) is 45.2 Å². The molecule has 8 heteroatoms. The Balaban J connectivity index is 1.75. The fourth-order valence-corrected chi connectivity index (χ4v) is 3.63. The number of alkyl halides is 3. The van der Waals surface area contributed by atoms with Gasteiger partial charge in [-0.2, -0.15) is 18.2 Å².